The Bertz CT molecular complexity index is 362. The summed E-state index contributed by atoms with van der Waals surface area (Å²) in [5, 5.41) is 0. The summed E-state index contributed by atoms with van der Waals surface area (Å²) >= 11 is 0. The second-order valence-electron chi connectivity index (χ2n) is 4.68. The van der Waals surface area contributed by atoms with E-state index in [1.165, 1.54) is 4.31 Å². The molecule has 0 spiro atoms. The monoisotopic (exact) mass is 277 g/mol. The van der Waals surface area contributed by atoms with Crippen molar-refractivity contribution in [2.75, 3.05) is 13.1 Å². The van der Waals surface area contributed by atoms with Crippen molar-refractivity contribution >= 4 is 16.1 Å². The molecule has 1 fully saturated rings. The Balaban J connectivity index is 2.69. The van der Waals surface area contributed by atoms with Gasteiger partial charge in [0.1, 0.15) is 6.04 Å². The van der Waals surface area contributed by atoms with Crippen LogP contribution in [-0.4, -0.2) is 37.8 Å². The second kappa shape index (κ2) is 7.06. The SMILES string of the molecule is CCC[C@H](NS(=O)(=O)N1CCCCCC1)C(N)=O. The van der Waals surface area contributed by atoms with E-state index in [0.717, 1.165) is 25.7 Å². The smallest absolute Gasteiger partial charge is 0.280 e. The maximum absolute atomic E-state index is 12.1. The molecule has 0 aromatic heterocycles. The van der Waals surface area contributed by atoms with Gasteiger partial charge in [-0.05, 0) is 19.3 Å². The van der Waals surface area contributed by atoms with Crippen LogP contribution in [0.2, 0.25) is 0 Å². The van der Waals surface area contributed by atoms with Crippen LogP contribution in [0.1, 0.15) is 45.4 Å². The molecule has 0 aromatic carbocycles. The van der Waals surface area contributed by atoms with Gasteiger partial charge in [-0.1, -0.05) is 26.2 Å². The summed E-state index contributed by atoms with van der Waals surface area (Å²) in [6.07, 6.45) is 4.99. The lowest BCUT2D eigenvalue weighted by Crippen LogP contribution is -2.50. The number of nitrogens with zero attached hydrogens (tertiary/aromatic N) is 1. The minimum Gasteiger partial charge on any atom is -0.368 e. The van der Waals surface area contributed by atoms with Crippen LogP contribution in [0.3, 0.4) is 0 Å². The highest BCUT2D eigenvalue weighted by molar-refractivity contribution is 7.87. The van der Waals surface area contributed by atoms with Gasteiger partial charge in [-0.25, -0.2) is 0 Å². The number of amides is 1. The quantitative estimate of drug-likeness (QED) is 0.733. The largest absolute Gasteiger partial charge is 0.368 e. The number of carbonyl (C=O) groups excluding carboxylic acids is 1. The predicted octanol–water partition coefficient (Wildman–Crippen LogP) is 0.351. The van der Waals surface area contributed by atoms with Crippen molar-refractivity contribution in [1.82, 2.24) is 9.03 Å². The standard InChI is InChI=1S/C11H23N3O3S/c1-2-7-10(11(12)15)13-18(16,17)14-8-5-3-4-6-9-14/h10,13H,2-9H2,1H3,(H2,12,15)/t10-/m0/s1. The number of hydrogen-bond donors (Lipinski definition) is 2. The van der Waals surface area contributed by atoms with E-state index in [4.69, 9.17) is 5.73 Å². The summed E-state index contributed by atoms with van der Waals surface area (Å²) in [5.41, 5.74) is 5.21. The highest BCUT2D eigenvalue weighted by atomic mass is 32.2. The number of nitrogens with two attached hydrogens (primary N) is 1. The molecule has 0 bridgehead atoms. The van der Waals surface area contributed by atoms with Gasteiger partial charge >= 0.3 is 0 Å². The van der Waals surface area contributed by atoms with Gasteiger partial charge < -0.3 is 5.73 Å². The zero-order chi connectivity index (χ0) is 13.6. The third-order valence-corrected chi connectivity index (χ3v) is 4.74. The van der Waals surface area contributed by atoms with Crippen molar-refractivity contribution < 1.29 is 13.2 Å². The van der Waals surface area contributed by atoms with Crippen LogP contribution >= 0.6 is 0 Å². The summed E-state index contributed by atoms with van der Waals surface area (Å²) in [5.74, 6) is -0.616. The lowest BCUT2D eigenvalue weighted by atomic mass is 10.2. The van der Waals surface area contributed by atoms with Crippen molar-refractivity contribution in [1.29, 1.82) is 0 Å². The normalized spacial score (nSPS) is 20.3. The minimum atomic E-state index is -3.59. The van der Waals surface area contributed by atoms with Gasteiger partial charge in [0.05, 0.1) is 0 Å². The molecule has 3 N–H and O–H groups in total. The first-order valence-electron chi connectivity index (χ1n) is 6.54. The molecule has 1 atom stereocenters. The molecule has 6 nitrogen and oxygen atoms in total. The average Bonchev–Trinajstić information content (AvgIpc) is 2.57. The Kier molecular flexibility index (Phi) is 6.04. The average molecular weight is 277 g/mol. The fourth-order valence-corrected chi connectivity index (χ4v) is 3.57. The van der Waals surface area contributed by atoms with Gasteiger partial charge in [-0.3, -0.25) is 4.79 Å². The molecule has 1 heterocycles. The number of nitrogens with one attached hydrogen (secondary N) is 1. The summed E-state index contributed by atoms with van der Waals surface area (Å²) in [7, 11) is -3.59. The zero-order valence-corrected chi connectivity index (χ0v) is 11.7. The first kappa shape index (κ1) is 15.4. The lowest BCUT2D eigenvalue weighted by molar-refractivity contribution is -0.119. The van der Waals surface area contributed by atoms with E-state index in [2.05, 4.69) is 4.72 Å². The zero-order valence-electron chi connectivity index (χ0n) is 10.9. The van der Waals surface area contributed by atoms with Crippen LogP contribution in [0.4, 0.5) is 0 Å². The maximum atomic E-state index is 12.1. The van der Waals surface area contributed by atoms with Gasteiger partial charge in [0, 0.05) is 13.1 Å². The Hall–Kier alpha value is -0.660. The molecule has 1 aliphatic rings. The number of primary amides is 1. The molecular weight excluding hydrogens is 254 g/mol. The summed E-state index contributed by atoms with van der Waals surface area (Å²) < 4.78 is 28.1. The molecular formula is C11H23N3O3S. The first-order chi connectivity index (χ1) is 8.47. The summed E-state index contributed by atoms with van der Waals surface area (Å²) in [6.45, 7) is 2.93. The molecule has 1 aliphatic heterocycles. The van der Waals surface area contributed by atoms with Crippen LogP contribution in [0, 0.1) is 0 Å². The Morgan fingerprint density at radius 2 is 1.83 bits per heavy atom. The van der Waals surface area contributed by atoms with Crippen LogP contribution in [0.25, 0.3) is 0 Å². The van der Waals surface area contributed by atoms with E-state index in [0.29, 0.717) is 25.9 Å². The molecule has 1 rings (SSSR count). The van der Waals surface area contributed by atoms with E-state index in [1.54, 1.807) is 0 Å². The van der Waals surface area contributed by atoms with Crippen molar-refractivity contribution in [3.05, 3.63) is 0 Å². The van der Waals surface area contributed by atoms with E-state index in [-0.39, 0.29) is 0 Å². The van der Waals surface area contributed by atoms with Crippen LogP contribution in [0.5, 0.6) is 0 Å². The molecule has 0 aliphatic carbocycles. The first-order valence-corrected chi connectivity index (χ1v) is 7.98. The molecule has 18 heavy (non-hydrogen) atoms. The molecule has 7 heteroatoms. The molecule has 0 aromatic rings. The highest BCUT2D eigenvalue weighted by Gasteiger charge is 2.27. The van der Waals surface area contributed by atoms with Gasteiger partial charge in [0.15, 0.2) is 0 Å². The fraction of sp³-hybridized carbons (Fsp3) is 0.909. The fourth-order valence-electron chi connectivity index (χ4n) is 2.08. The maximum Gasteiger partial charge on any atom is 0.280 e. The number of carbonyl (C=O) groups is 1. The van der Waals surface area contributed by atoms with Gasteiger partial charge in [0.2, 0.25) is 5.91 Å². The Morgan fingerprint density at radius 3 is 2.28 bits per heavy atom. The van der Waals surface area contributed by atoms with Crippen LogP contribution in [0.15, 0.2) is 0 Å². The van der Waals surface area contributed by atoms with E-state index in [1.807, 2.05) is 6.92 Å². The topological polar surface area (TPSA) is 92.5 Å². The van der Waals surface area contributed by atoms with Gasteiger partial charge in [-0.15, -0.1) is 0 Å². The van der Waals surface area contributed by atoms with Gasteiger partial charge in [-0.2, -0.15) is 17.4 Å². The molecule has 1 amide bonds. The summed E-state index contributed by atoms with van der Waals surface area (Å²) in [6, 6.07) is -0.803. The molecule has 0 saturated carbocycles. The third-order valence-electron chi connectivity index (χ3n) is 3.12. The number of rotatable bonds is 6. The van der Waals surface area contributed by atoms with Crippen molar-refractivity contribution in [2.45, 2.75) is 51.5 Å². The van der Waals surface area contributed by atoms with Crippen molar-refractivity contribution in [3.63, 3.8) is 0 Å². The van der Waals surface area contributed by atoms with Crippen LogP contribution < -0.4 is 10.5 Å². The highest BCUT2D eigenvalue weighted by Crippen LogP contribution is 2.13. The Morgan fingerprint density at radius 1 is 1.28 bits per heavy atom. The molecule has 106 valence electrons. The Labute approximate surface area is 109 Å². The lowest BCUT2D eigenvalue weighted by Gasteiger charge is -2.23. The second-order valence-corrected chi connectivity index (χ2v) is 6.38. The molecule has 1 saturated heterocycles. The molecule has 0 radical (unpaired) electrons. The van der Waals surface area contributed by atoms with E-state index in [9.17, 15) is 13.2 Å². The molecule has 0 unspecified atom stereocenters. The van der Waals surface area contributed by atoms with Crippen molar-refractivity contribution in [3.8, 4) is 0 Å². The minimum absolute atomic E-state index is 0.433. The third kappa shape index (κ3) is 4.55. The number of hydrogen-bond acceptors (Lipinski definition) is 3. The van der Waals surface area contributed by atoms with Crippen molar-refractivity contribution in [2.24, 2.45) is 5.73 Å². The predicted molar refractivity (Wildman–Crippen MR) is 70.0 cm³/mol. The summed E-state index contributed by atoms with van der Waals surface area (Å²) in [4.78, 5) is 11.2. The van der Waals surface area contributed by atoms with E-state index >= 15 is 0 Å². The van der Waals surface area contributed by atoms with Gasteiger partial charge in [0.25, 0.3) is 10.2 Å². The van der Waals surface area contributed by atoms with Crippen LogP contribution in [-0.2, 0) is 15.0 Å². The van der Waals surface area contributed by atoms with E-state index < -0.39 is 22.2 Å².